The Hall–Kier alpha value is -2.78. The highest BCUT2D eigenvalue weighted by Gasteiger charge is 2.32. The molecular formula is C18H22N2O6S. The summed E-state index contributed by atoms with van der Waals surface area (Å²) in [6.07, 6.45) is 2.03. The molecule has 1 aliphatic carbocycles. The second-order valence-corrected chi connectivity index (χ2v) is 7.00. The van der Waals surface area contributed by atoms with Crippen molar-refractivity contribution in [2.75, 3.05) is 24.3 Å². The lowest BCUT2D eigenvalue weighted by Gasteiger charge is -2.16. The lowest BCUT2D eigenvalue weighted by molar-refractivity contribution is -0.119. The summed E-state index contributed by atoms with van der Waals surface area (Å²) in [6.45, 7) is 0. The summed E-state index contributed by atoms with van der Waals surface area (Å²) in [5, 5.41) is 11.9. The molecule has 0 aromatic heterocycles. The predicted molar refractivity (Wildman–Crippen MR) is 102 cm³/mol. The number of carbonyl (C=O) groups excluding carboxylic acids is 1. The summed E-state index contributed by atoms with van der Waals surface area (Å²) in [6, 6.07) is 12.8. The van der Waals surface area contributed by atoms with Crippen LogP contribution in [0.1, 0.15) is 12.8 Å². The quantitative estimate of drug-likeness (QED) is 0.668. The molecule has 0 saturated heterocycles. The van der Waals surface area contributed by atoms with Crippen LogP contribution >= 0.6 is 0 Å². The number of anilines is 2. The first kappa shape index (κ1) is 20.5. The number of nitrogens with zero attached hydrogens (tertiary/aromatic N) is 1. The van der Waals surface area contributed by atoms with Crippen LogP contribution in [0.2, 0.25) is 0 Å². The van der Waals surface area contributed by atoms with E-state index in [2.05, 4.69) is 9.50 Å². The molecule has 1 fully saturated rings. The Morgan fingerprint density at radius 2 is 1.67 bits per heavy atom. The maximum absolute atomic E-state index is 11.7. The normalized spacial score (nSPS) is 13.1. The summed E-state index contributed by atoms with van der Waals surface area (Å²) in [5.74, 6) is 0.701. The Labute approximate surface area is 158 Å². The average Bonchev–Trinajstić information content (AvgIpc) is 3.46. The molecule has 2 aromatic carbocycles. The van der Waals surface area contributed by atoms with Gasteiger partial charge < -0.3 is 19.5 Å². The standard InChI is InChI=1S/C11H13NO2.C7H9NO4S/c1-12(11(14)8-2-3-8)9-4-6-10(13)7-5-9;1-8-6-2-4-7(5-3-6)12-13(9,10)11/h4-8,13H,2-3H2,1H3;2-5,8H,1H3,(H,9,10,11). The highest BCUT2D eigenvalue weighted by molar-refractivity contribution is 7.81. The van der Waals surface area contributed by atoms with Gasteiger partial charge >= 0.3 is 10.4 Å². The maximum Gasteiger partial charge on any atom is 0.446 e. The largest absolute Gasteiger partial charge is 0.508 e. The van der Waals surface area contributed by atoms with Gasteiger partial charge in [0, 0.05) is 31.4 Å². The molecule has 0 atom stereocenters. The van der Waals surface area contributed by atoms with Gasteiger partial charge in [-0.2, -0.15) is 8.42 Å². The molecular weight excluding hydrogens is 372 g/mol. The fourth-order valence-electron chi connectivity index (χ4n) is 2.21. The summed E-state index contributed by atoms with van der Waals surface area (Å²) < 4.78 is 33.1. The number of nitrogens with one attached hydrogen (secondary N) is 1. The van der Waals surface area contributed by atoms with Crippen molar-refractivity contribution in [1.82, 2.24) is 0 Å². The van der Waals surface area contributed by atoms with Crippen LogP contribution in [-0.2, 0) is 15.2 Å². The van der Waals surface area contributed by atoms with Gasteiger partial charge in [-0.15, -0.1) is 0 Å². The number of rotatable bonds is 5. The Morgan fingerprint density at radius 3 is 2.11 bits per heavy atom. The van der Waals surface area contributed by atoms with Gasteiger partial charge in [-0.25, -0.2) is 0 Å². The van der Waals surface area contributed by atoms with Crippen molar-refractivity contribution in [3.63, 3.8) is 0 Å². The van der Waals surface area contributed by atoms with Crippen LogP contribution in [-0.4, -0.2) is 38.1 Å². The Bertz CT molecular complexity index is 862. The number of hydrogen-bond acceptors (Lipinski definition) is 6. The van der Waals surface area contributed by atoms with Crippen LogP contribution in [0.25, 0.3) is 0 Å². The minimum Gasteiger partial charge on any atom is -0.508 e. The van der Waals surface area contributed by atoms with E-state index in [9.17, 15) is 13.2 Å². The van der Waals surface area contributed by atoms with Crippen molar-refractivity contribution in [3.05, 3.63) is 48.5 Å². The van der Waals surface area contributed by atoms with E-state index < -0.39 is 10.4 Å². The lowest BCUT2D eigenvalue weighted by atomic mass is 10.2. The van der Waals surface area contributed by atoms with Crippen LogP contribution in [0.15, 0.2) is 48.5 Å². The van der Waals surface area contributed by atoms with Gasteiger partial charge in [0.05, 0.1) is 0 Å². The van der Waals surface area contributed by atoms with Crippen molar-refractivity contribution in [3.8, 4) is 11.5 Å². The third kappa shape index (κ3) is 6.80. The Morgan fingerprint density at radius 1 is 1.11 bits per heavy atom. The molecule has 2 aromatic rings. The molecule has 0 spiro atoms. The molecule has 3 N–H and O–H groups in total. The van der Waals surface area contributed by atoms with Gasteiger partial charge in [-0.1, -0.05) is 0 Å². The zero-order valence-corrected chi connectivity index (χ0v) is 15.8. The molecule has 146 valence electrons. The first-order valence-electron chi connectivity index (χ1n) is 8.21. The van der Waals surface area contributed by atoms with Crippen molar-refractivity contribution >= 4 is 27.7 Å². The predicted octanol–water partition coefficient (Wildman–Crippen LogP) is 2.67. The Balaban J connectivity index is 0.000000194. The molecule has 1 saturated carbocycles. The second kappa shape index (κ2) is 8.74. The molecule has 1 amide bonds. The molecule has 1 aliphatic rings. The van der Waals surface area contributed by atoms with Gasteiger partial charge in [0.25, 0.3) is 0 Å². The van der Waals surface area contributed by atoms with Crippen LogP contribution in [0.4, 0.5) is 11.4 Å². The van der Waals surface area contributed by atoms with Gasteiger partial charge in [-0.3, -0.25) is 9.35 Å². The fourth-order valence-corrected chi connectivity index (χ4v) is 2.56. The minimum atomic E-state index is -4.42. The van der Waals surface area contributed by atoms with Gasteiger partial charge in [-0.05, 0) is 61.4 Å². The minimum absolute atomic E-state index is 0.0708. The van der Waals surface area contributed by atoms with E-state index in [1.807, 2.05) is 0 Å². The van der Waals surface area contributed by atoms with Crippen LogP contribution in [0.5, 0.6) is 11.5 Å². The van der Waals surface area contributed by atoms with Crippen LogP contribution < -0.4 is 14.4 Å². The molecule has 0 bridgehead atoms. The average molecular weight is 394 g/mol. The van der Waals surface area contributed by atoms with Crippen molar-refractivity contribution in [1.29, 1.82) is 0 Å². The molecule has 0 heterocycles. The molecule has 3 rings (SSSR count). The molecule has 0 aliphatic heterocycles. The zero-order valence-electron chi connectivity index (χ0n) is 15.0. The van der Waals surface area contributed by atoms with E-state index in [0.717, 1.165) is 24.2 Å². The van der Waals surface area contributed by atoms with E-state index in [4.69, 9.17) is 9.66 Å². The van der Waals surface area contributed by atoms with E-state index in [1.165, 1.54) is 12.1 Å². The summed E-state index contributed by atoms with van der Waals surface area (Å²) in [4.78, 5) is 13.3. The van der Waals surface area contributed by atoms with E-state index >= 15 is 0 Å². The highest BCUT2D eigenvalue weighted by atomic mass is 32.3. The highest BCUT2D eigenvalue weighted by Crippen LogP contribution is 2.32. The number of benzene rings is 2. The van der Waals surface area contributed by atoms with Crippen molar-refractivity contribution in [2.45, 2.75) is 12.8 Å². The number of hydrogen-bond donors (Lipinski definition) is 3. The summed E-state index contributed by atoms with van der Waals surface area (Å²) in [7, 11) is -0.912. The number of amides is 1. The lowest BCUT2D eigenvalue weighted by Crippen LogP contribution is -2.27. The van der Waals surface area contributed by atoms with Crippen LogP contribution in [0, 0.1) is 5.92 Å². The molecule has 27 heavy (non-hydrogen) atoms. The molecule has 0 unspecified atom stereocenters. The van der Waals surface area contributed by atoms with E-state index in [0.29, 0.717) is 0 Å². The topological polar surface area (TPSA) is 116 Å². The fraction of sp³-hybridized carbons (Fsp3) is 0.278. The molecule has 0 radical (unpaired) electrons. The van der Waals surface area contributed by atoms with E-state index in [1.54, 1.807) is 55.4 Å². The smallest absolute Gasteiger partial charge is 0.446 e. The SMILES string of the molecule is CN(C(=O)C1CC1)c1ccc(O)cc1.CNc1ccc(OS(=O)(=O)O)cc1. The Kier molecular flexibility index (Phi) is 6.65. The monoisotopic (exact) mass is 394 g/mol. The summed E-state index contributed by atoms with van der Waals surface area (Å²) in [5.41, 5.74) is 1.65. The van der Waals surface area contributed by atoms with E-state index in [-0.39, 0.29) is 23.3 Å². The first-order valence-corrected chi connectivity index (χ1v) is 9.57. The number of phenols is 1. The van der Waals surface area contributed by atoms with Gasteiger partial charge in [0.1, 0.15) is 11.5 Å². The van der Waals surface area contributed by atoms with Crippen molar-refractivity contribution in [2.24, 2.45) is 5.92 Å². The maximum atomic E-state index is 11.7. The zero-order chi connectivity index (χ0) is 20.0. The third-order valence-corrected chi connectivity index (χ3v) is 4.24. The molecule has 8 nitrogen and oxygen atoms in total. The molecule has 9 heteroatoms. The summed E-state index contributed by atoms with van der Waals surface area (Å²) >= 11 is 0. The first-order chi connectivity index (χ1) is 12.7. The van der Waals surface area contributed by atoms with Crippen molar-refractivity contribution < 1.29 is 27.1 Å². The van der Waals surface area contributed by atoms with Gasteiger partial charge in [0.2, 0.25) is 5.91 Å². The van der Waals surface area contributed by atoms with Gasteiger partial charge in [0.15, 0.2) is 0 Å². The second-order valence-electron chi connectivity index (χ2n) is 5.97. The number of phenolic OH excluding ortho intramolecular Hbond substituents is 1. The third-order valence-electron chi connectivity index (χ3n) is 3.84. The number of aromatic hydroxyl groups is 1. The number of carbonyl (C=O) groups is 1. The van der Waals surface area contributed by atoms with Crippen LogP contribution in [0.3, 0.4) is 0 Å².